The van der Waals surface area contributed by atoms with Crippen LogP contribution in [0.1, 0.15) is 22.5 Å². The summed E-state index contributed by atoms with van der Waals surface area (Å²) in [6.07, 6.45) is 0.955. The Morgan fingerprint density at radius 3 is 3.00 bits per heavy atom. The highest BCUT2D eigenvalue weighted by Gasteiger charge is 2.22. The molecule has 3 rings (SSSR count). The van der Waals surface area contributed by atoms with Crippen LogP contribution in [0.5, 0.6) is 0 Å². The van der Waals surface area contributed by atoms with Crippen LogP contribution in [0.3, 0.4) is 0 Å². The van der Waals surface area contributed by atoms with Gasteiger partial charge in [-0.1, -0.05) is 11.6 Å². The van der Waals surface area contributed by atoms with Crippen LogP contribution < -0.4 is 10.6 Å². The highest BCUT2D eigenvalue weighted by molar-refractivity contribution is 6.31. The molecule has 0 spiro atoms. The number of hydrogen-bond acceptors (Lipinski definition) is 3. The molecular weight excluding hydrogens is 299 g/mol. The molecule has 2 heterocycles. The van der Waals surface area contributed by atoms with E-state index in [1.165, 1.54) is 0 Å². The third-order valence-electron chi connectivity index (χ3n) is 3.50. The summed E-state index contributed by atoms with van der Waals surface area (Å²) >= 11 is 5.97. The second-order valence-corrected chi connectivity index (χ2v) is 5.30. The summed E-state index contributed by atoms with van der Waals surface area (Å²) in [5.74, 6) is 0.225. The summed E-state index contributed by atoms with van der Waals surface area (Å²) in [5, 5.41) is 7.73. The van der Waals surface area contributed by atoms with Gasteiger partial charge in [0.1, 0.15) is 5.58 Å². The van der Waals surface area contributed by atoms with E-state index in [4.69, 9.17) is 16.0 Å². The Bertz CT molecular complexity index is 633. The van der Waals surface area contributed by atoms with E-state index < -0.39 is 0 Å². The smallest absolute Gasteiger partial charge is 0.287 e. The summed E-state index contributed by atoms with van der Waals surface area (Å²) in [5.41, 5.74) is 1.53. The van der Waals surface area contributed by atoms with Gasteiger partial charge < -0.3 is 15.1 Å². The monoisotopic (exact) mass is 314 g/mol. The maximum Gasteiger partial charge on any atom is 0.287 e. The van der Waals surface area contributed by atoms with Crippen molar-refractivity contribution in [3.63, 3.8) is 0 Å². The Kier molecular flexibility index (Phi) is 4.58. The van der Waals surface area contributed by atoms with E-state index in [0.717, 1.165) is 30.5 Å². The maximum atomic E-state index is 12.2. The molecule has 20 heavy (non-hydrogen) atoms. The standard InChI is InChI=1S/C14H15ClN2O2.ClH/c1-8-11-6-9(15)2-3-12(11)19-13(8)14(18)17-10-4-5-16-7-10;/h2-3,6,10,16H,4-5,7H2,1H3,(H,17,18);1H. The van der Waals surface area contributed by atoms with Gasteiger partial charge in [-0.2, -0.15) is 0 Å². The van der Waals surface area contributed by atoms with Gasteiger partial charge in [-0.25, -0.2) is 0 Å². The van der Waals surface area contributed by atoms with Gasteiger partial charge in [0.2, 0.25) is 0 Å². The Balaban J connectivity index is 0.00000147. The van der Waals surface area contributed by atoms with Crippen molar-refractivity contribution in [3.05, 3.63) is 34.5 Å². The molecule has 1 saturated heterocycles. The van der Waals surface area contributed by atoms with Gasteiger partial charge in [-0.15, -0.1) is 12.4 Å². The lowest BCUT2D eigenvalue weighted by Crippen LogP contribution is -2.36. The zero-order chi connectivity index (χ0) is 13.4. The largest absolute Gasteiger partial charge is 0.451 e. The van der Waals surface area contributed by atoms with Crippen LogP contribution in [0, 0.1) is 6.92 Å². The molecule has 108 valence electrons. The second kappa shape index (κ2) is 6.04. The number of hydrogen-bond donors (Lipinski definition) is 2. The summed E-state index contributed by atoms with van der Waals surface area (Å²) in [4.78, 5) is 12.2. The number of halogens is 2. The molecule has 1 atom stereocenters. The Hall–Kier alpha value is -1.23. The fourth-order valence-electron chi connectivity index (χ4n) is 2.44. The molecule has 1 aromatic carbocycles. The molecule has 1 aliphatic heterocycles. The molecule has 4 nitrogen and oxygen atoms in total. The third kappa shape index (κ3) is 2.77. The van der Waals surface area contributed by atoms with Crippen molar-refractivity contribution in [2.45, 2.75) is 19.4 Å². The van der Waals surface area contributed by atoms with Gasteiger partial charge in [-0.05, 0) is 38.1 Å². The fourth-order valence-corrected chi connectivity index (χ4v) is 2.61. The molecule has 0 radical (unpaired) electrons. The van der Waals surface area contributed by atoms with Gasteiger partial charge >= 0.3 is 0 Å². The predicted octanol–water partition coefficient (Wildman–Crippen LogP) is 2.91. The topological polar surface area (TPSA) is 54.3 Å². The number of furan rings is 1. The zero-order valence-electron chi connectivity index (χ0n) is 11.0. The van der Waals surface area contributed by atoms with Crippen LogP contribution in [0.15, 0.2) is 22.6 Å². The molecule has 2 N–H and O–H groups in total. The summed E-state index contributed by atoms with van der Waals surface area (Å²) in [6, 6.07) is 5.56. The molecule has 2 aromatic rings. The second-order valence-electron chi connectivity index (χ2n) is 4.86. The number of carbonyl (C=O) groups excluding carboxylic acids is 1. The van der Waals surface area contributed by atoms with Crippen LogP contribution in [-0.2, 0) is 0 Å². The molecule has 0 bridgehead atoms. The molecule has 1 aliphatic rings. The molecule has 1 amide bonds. The number of carbonyl (C=O) groups is 1. The van der Waals surface area contributed by atoms with E-state index in [-0.39, 0.29) is 24.4 Å². The Morgan fingerprint density at radius 2 is 2.30 bits per heavy atom. The first-order valence-corrected chi connectivity index (χ1v) is 6.73. The van der Waals surface area contributed by atoms with E-state index in [0.29, 0.717) is 16.4 Å². The first kappa shape index (κ1) is 15.2. The quantitative estimate of drug-likeness (QED) is 0.896. The van der Waals surface area contributed by atoms with E-state index in [1.54, 1.807) is 12.1 Å². The van der Waals surface area contributed by atoms with Crippen molar-refractivity contribution in [2.75, 3.05) is 13.1 Å². The van der Waals surface area contributed by atoms with E-state index in [9.17, 15) is 4.79 Å². The average molecular weight is 315 g/mol. The van der Waals surface area contributed by atoms with Crippen LogP contribution in [0.4, 0.5) is 0 Å². The number of aryl methyl sites for hydroxylation is 1. The number of rotatable bonds is 2. The lowest BCUT2D eigenvalue weighted by atomic mass is 10.1. The van der Waals surface area contributed by atoms with Crippen molar-refractivity contribution in [3.8, 4) is 0 Å². The maximum absolute atomic E-state index is 12.2. The SMILES string of the molecule is Cc1c(C(=O)NC2CCNC2)oc2ccc(Cl)cc12.Cl. The lowest BCUT2D eigenvalue weighted by molar-refractivity contribution is 0.0913. The predicted molar refractivity (Wildman–Crippen MR) is 81.9 cm³/mol. The van der Waals surface area contributed by atoms with Gasteiger partial charge in [0, 0.05) is 28.6 Å². The molecule has 0 saturated carbocycles. The van der Waals surface area contributed by atoms with E-state index in [2.05, 4.69) is 10.6 Å². The fraction of sp³-hybridized carbons (Fsp3) is 0.357. The summed E-state index contributed by atoms with van der Waals surface area (Å²) in [7, 11) is 0. The Labute approximate surface area is 128 Å². The van der Waals surface area contributed by atoms with Crippen molar-refractivity contribution < 1.29 is 9.21 Å². The van der Waals surface area contributed by atoms with Crippen LogP contribution in [0.2, 0.25) is 5.02 Å². The summed E-state index contributed by atoms with van der Waals surface area (Å²) < 4.78 is 5.63. The Morgan fingerprint density at radius 1 is 1.50 bits per heavy atom. The van der Waals surface area contributed by atoms with Gasteiger partial charge in [0.15, 0.2) is 5.76 Å². The van der Waals surface area contributed by atoms with Crippen LogP contribution in [-0.4, -0.2) is 25.0 Å². The van der Waals surface area contributed by atoms with Gasteiger partial charge in [-0.3, -0.25) is 4.79 Å². The van der Waals surface area contributed by atoms with Crippen LogP contribution >= 0.6 is 24.0 Å². The highest BCUT2D eigenvalue weighted by Crippen LogP contribution is 2.27. The number of fused-ring (bicyclic) bond motifs is 1. The normalized spacial score (nSPS) is 18.0. The van der Waals surface area contributed by atoms with Crippen LogP contribution in [0.25, 0.3) is 11.0 Å². The summed E-state index contributed by atoms with van der Waals surface area (Å²) in [6.45, 7) is 3.64. The van der Waals surface area contributed by atoms with Gasteiger partial charge in [0.25, 0.3) is 5.91 Å². The zero-order valence-corrected chi connectivity index (χ0v) is 12.6. The van der Waals surface area contributed by atoms with E-state index >= 15 is 0 Å². The molecule has 1 unspecified atom stereocenters. The van der Waals surface area contributed by atoms with Crippen molar-refractivity contribution in [2.24, 2.45) is 0 Å². The molecule has 1 aromatic heterocycles. The average Bonchev–Trinajstić information content (AvgIpc) is 2.98. The number of amides is 1. The molecular formula is C14H16Cl2N2O2. The molecule has 0 aliphatic carbocycles. The first-order chi connectivity index (χ1) is 9.15. The minimum atomic E-state index is -0.154. The van der Waals surface area contributed by atoms with Crippen molar-refractivity contribution >= 4 is 40.9 Å². The highest BCUT2D eigenvalue weighted by atomic mass is 35.5. The molecule has 1 fully saturated rings. The number of benzene rings is 1. The lowest BCUT2D eigenvalue weighted by Gasteiger charge is -2.09. The third-order valence-corrected chi connectivity index (χ3v) is 3.74. The van der Waals surface area contributed by atoms with Crippen molar-refractivity contribution in [1.29, 1.82) is 0 Å². The van der Waals surface area contributed by atoms with Gasteiger partial charge in [0.05, 0.1) is 0 Å². The minimum Gasteiger partial charge on any atom is -0.451 e. The first-order valence-electron chi connectivity index (χ1n) is 6.35. The van der Waals surface area contributed by atoms with E-state index in [1.807, 2.05) is 13.0 Å². The number of nitrogens with one attached hydrogen (secondary N) is 2. The van der Waals surface area contributed by atoms with Crippen molar-refractivity contribution in [1.82, 2.24) is 10.6 Å². The minimum absolute atomic E-state index is 0. The molecule has 6 heteroatoms.